The highest BCUT2D eigenvalue weighted by Gasteiger charge is 2.22. The highest BCUT2D eigenvalue weighted by molar-refractivity contribution is 7.10. The van der Waals surface area contributed by atoms with Crippen LogP contribution in [0.15, 0.2) is 17.5 Å². The van der Waals surface area contributed by atoms with E-state index in [1.807, 2.05) is 19.9 Å². The first-order valence-electron chi connectivity index (χ1n) is 5.43. The number of carbonyl (C=O) groups is 1. The zero-order valence-electron chi connectivity index (χ0n) is 10.2. The lowest BCUT2D eigenvalue weighted by molar-refractivity contribution is -0.145. The van der Waals surface area contributed by atoms with E-state index in [4.69, 9.17) is 4.74 Å². The van der Waals surface area contributed by atoms with Crippen molar-refractivity contribution in [1.29, 1.82) is 0 Å². The number of nitrogens with one attached hydrogen (secondary N) is 1. The van der Waals surface area contributed by atoms with Gasteiger partial charge in [-0.1, -0.05) is 13.0 Å². The Bertz CT molecular complexity index is 324. The maximum absolute atomic E-state index is 11.4. The molecule has 0 aliphatic rings. The average Bonchev–Trinajstić information content (AvgIpc) is 2.80. The summed E-state index contributed by atoms with van der Waals surface area (Å²) in [7, 11) is 1.42. The van der Waals surface area contributed by atoms with Crippen LogP contribution in [0.1, 0.15) is 31.7 Å². The van der Waals surface area contributed by atoms with Crippen molar-refractivity contribution in [3.05, 3.63) is 22.4 Å². The van der Waals surface area contributed by atoms with Crippen LogP contribution in [0.2, 0.25) is 0 Å². The van der Waals surface area contributed by atoms with Crippen molar-refractivity contribution in [2.75, 3.05) is 7.11 Å². The lowest BCUT2D eigenvalue weighted by Gasteiger charge is -2.23. The maximum atomic E-state index is 11.4. The molecule has 3 nitrogen and oxygen atoms in total. The molecule has 1 heterocycles. The van der Waals surface area contributed by atoms with Crippen LogP contribution in [0.25, 0.3) is 0 Å². The van der Waals surface area contributed by atoms with Crippen LogP contribution in [-0.2, 0) is 9.53 Å². The van der Waals surface area contributed by atoms with Gasteiger partial charge in [-0.25, -0.2) is 0 Å². The molecular formula is C12H19NO2S. The van der Waals surface area contributed by atoms with E-state index in [9.17, 15) is 4.79 Å². The van der Waals surface area contributed by atoms with Gasteiger partial charge in [-0.2, -0.15) is 0 Å². The van der Waals surface area contributed by atoms with Crippen molar-refractivity contribution in [2.45, 2.75) is 32.9 Å². The minimum Gasteiger partial charge on any atom is -0.469 e. The van der Waals surface area contributed by atoms with Crippen LogP contribution < -0.4 is 5.32 Å². The third kappa shape index (κ3) is 3.32. The van der Waals surface area contributed by atoms with E-state index in [0.29, 0.717) is 0 Å². The molecule has 1 rings (SSSR count). The lowest BCUT2D eigenvalue weighted by atomic mass is 10.0. The van der Waals surface area contributed by atoms with Crippen LogP contribution in [0, 0.1) is 5.92 Å². The number of hydrogen-bond donors (Lipinski definition) is 1. The van der Waals surface area contributed by atoms with E-state index in [-0.39, 0.29) is 24.0 Å². The van der Waals surface area contributed by atoms with Gasteiger partial charge in [-0.15, -0.1) is 11.3 Å². The molecule has 0 aromatic carbocycles. The Hall–Kier alpha value is -0.870. The van der Waals surface area contributed by atoms with E-state index in [1.54, 1.807) is 11.3 Å². The predicted octanol–water partition coefficient (Wildman–Crippen LogP) is 2.60. The molecule has 16 heavy (non-hydrogen) atoms. The van der Waals surface area contributed by atoms with Crippen molar-refractivity contribution in [1.82, 2.24) is 5.32 Å². The number of hydrogen-bond acceptors (Lipinski definition) is 4. The number of ether oxygens (including phenoxy) is 1. The molecule has 1 N–H and O–H groups in total. The second-order valence-electron chi connectivity index (χ2n) is 4.00. The van der Waals surface area contributed by atoms with Gasteiger partial charge >= 0.3 is 5.97 Å². The first-order chi connectivity index (χ1) is 7.56. The van der Waals surface area contributed by atoms with Crippen LogP contribution in [0.5, 0.6) is 0 Å². The minimum absolute atomic E-state index is 0.101. The molecule has 4 heteroatoms. The molecule has 1 aromatic heterocycles. The molecule has 3 atom stereocenters. The minimum atomic E-state index is -0.168. The summed E-state index contributed by atoms with van der Waals surface area (Å²) in [4.78, 5) is 12.6. The summed E-state index contributed by atoms with van der Waals surface area (Å²) in [6.45, 7) is 5.99. The molecule has 0 aliphatic carbocycles. The van der Waals surface area contributed by atoms with Gasteiger partial charge in [0.05, 0.1) is 13.0 Å². The number of thiophene rings is 1. The van der Waals surface area contributed by atoms with Gasteiger partial charge in [0.1, 0.15) is 0 Å². The highest BCUT2D eigenvalue weighted by atomic mass is 32.1. The summed E-state index contributed by atoms with van der Waals surface area (Å²) in [5.41, 5.74) is 0. The van der Waals surface area contributed by atoms with Crippen LogP contribution >= 0.6 is 11.3 Å². The van der Waals surface area contributed by atoms with Crippen molar-refractivity contribution in [2.24, 2.45) is 5.92 Å². The van der Waals surface area contributed by atoms with Crippen molar-refractivity contribution in [3.8, 4) is 0 Å². The molecule has 0 radical (unpaired) electrons. The number of esters is 1. The SMILES string of the molecule is COC(=O)C(C)C(C)N[C@@H](C)c1cccs1. The fourth-order valence-electron chi connectivity index (χ4n) is 1.55. The van der Waals surface area contributed by atoms with Gasteiger partial charge in [0.25, 0.3) is 0 Å². The van der Waals surface area contributed by atoms with E-state index >= 15 is 0 Å². The van der Waals surface area contributed by atoms with Gasteiger partial charge in [0.2, 0.25) is 0 Å². The van der Waals surface area contributed by atoms with E-state index in [0.717, 1.165) is 0 Å². The van der Waals surface area contributed by atoms with Gasteiger partial charge in [0.15, 0.2) is 0 Å². The van der Waals surface area contributed by atoms with Gasteiger partial charge in [-0.3, -0.25) is 4.79 Å². The predicted molar refractivity (Wildman–Crippen MR) is 66.5 cm³/mol. The zero-order valence-corrected chi connectivity index (χ0v) is 11.0. The van der Waals surface area contributed by atoms with Crippen LogP contribution in [0.3, 0.4) is 0 Å². The molecule has 2 unspecified atom stereocenters. The number of carbonyl (C=O) groups excluding carboxylic acids is 1. The number of methoxy groups -OCH3 is 1. The Morgan fingerprint density at radius 2 is 2.12 bits per heavy atom. The molecule has 0 amide bonds. The van der Waals surface area contributed by atoms with E-state index < -0.39 is 0 Å². The largest absolute Gasteiger partial charge is 0.469 e. The second-order valence-corrected chi connectivity index (χ2v) is 4.98. The summed E-state index contributed by atoms with van der Waals surface area (Å²) in [5.74, 6) is -0.300. The molecule has 0 aliphatic heterocycles. The first-order valence-corrected chi connectivity index (χ1v) is 6.31. The summed E-state index contributed by atoms with van der Waals surface area (Å²) in [6.07, 6.45) is 0. The molecule has 0 spiro atoms. The monoisotopic (exact) mass is 241 g/mol. The maximum Gasteiger partial charge on any atom is 0.309 e. The quantitative estimate of drug-likeness (QED) is 0.805. The third-order valence-electron chi connectivity index (χ3n) is 2.81. The Labute approximate surface area is 101 Å². The normalized spacial score (nSPS) is 16.5. The molecule has 0 saturated carbocycles. The van der Waals surface area contributed by atoms with E-state index in [2.05, 4.69) is 23.7 Å². The Balaban J connectivity index is 2.51. The van der Waals surface area contributed by atoms with Crippen molar-refractivity contribution in [3.63, 3.8) is 0 Å². The topological polar surface area (TPSA) is 38.3 Å². The first kappa shape index (κ1) is 13.2. The molecule has 0 saturated heterocycles. The molecule has 1 aromatic rings. The van der Waals surface area contributed by atoms with Crippen LogP contribution in [-0.4, -0.2) is 19.1 Å². The van der Waals surface area contributed by atoms with Gasteiger partial charge < -0.3 is 10.1 Å². The summed E-state index contributed by atoms with van der Waals surface area (Å²) < 4.78 is 4.73. The second kappa shape index (κ2) is 6.01. The average molecular weight is 241 g/mol. The molecular weight excluding hydrogens is 222 g/mol. The third-order valence-corrected chi connectivity index (χ3v) is 3.86. The summed E-state index contributed by atoms with van der Waals surface area (Å²) >= 11 is 1.72. The zero-order chi connectivity index (χ0) is 12.1. The molecule has 90 valence electrons. The standard InChI is InChI=1S/C12H19NO2S/c1-8(12(14)15-4)9(2)13-10(3)11-6-5-7-16-11/h5-10,13H,1-4H3/t8?,9?,10-/m0/s1. The number of rotatable bonds is 5. The Morgan fingerprint density at radius 3 is 2.62 bits per heavy atom. The van der Waals surface area contributed by atoms with Crippen LogP contribution in [0.4, 0.5) is 0 Å². The summed E-state index contributed by atoms with van der Waals surface area (Å²) in [5, 5.41) is 5.46. The van der Waals surface area contributed by atoms with Gasteiger partial charge in [0, 0.05) is 17.0 Å². The fourth-order valence-corrected chi connectivity index (χ4v) is 2.29. The smallest absolute Gasteiger partial charge is 0.309 e. The Morgan fingerprint density at radius 1 is 1.44 bits per heavy atom. The molecule has 0 bridgehead atoms. The van der Waals surface area contributed by atoms with E-state index in [1.165, 1.54) is 12.0 Å². The molecule has 0 fully saturated rings. The summed E-state index contributed by atoms with van der Waals surface area (Å²) in [6, 6.07) is 4.50. The highest BCUT2D eigenvalue weighted by Crippen LogP contribution is 2.20. The Kier molecular flexibility index (Phi) is 4.96. The van der Waals surface area contributed by atoms with Crippen molar-refractivity contribution < 1.29 is 9.53 Å². The van der Waals surface area contributed by atoms with Gasteiger partial charge in [-0.05, 0) is 25.3 Å². The lowest BCUT2D eigenvalue weighted by Crippen LogP contribution is -2.38. The van der Waals surface area contributed by atoms with Crippen molar-refractivity contribution >= 4 is 17.3 Å². The fraction of sp³-hybridized carbons (Fsp3) is 0.583.